The second-order valence-electron chi connectivity index (χ2n) is 3.84. The number of nitrogens with two attached hydrogens (primary N) is 1. The second kappa shape index (κ2) is 6.90. The van der Waals surface area contributed by atoms with Gasteiger partial charge in [0.25, 0.3) is 6.43 Å². The summed E-state index contributed by atoms with van der Waals surface area (Å²) in [7, 11) is 0. The Labute approximate surface area is 104 Å². The molecule has 0 unspecified atom stereocenters. The standard InChI is InChI=1S/C12H16F2N2O2/c1-8-6-9(2-3-10(8)15)16-12(17)4-5-18-7-11(13)14/h2-3,6,11H,4-5,7,15H2,1H3,(H,16,17). The number of anilines is 2. The van der Waals surface area contributed by atoms with Crippen molar-refractivity contribution in [1.82, 2.24) is 0 Å². The number of aryl methyl sites for hydroxylation is 1. The first kappa shape index (κ1) is 14.4. The Balaban J connectivity index is 2.33. The Hall–Kier alpha value is -1.69. The van der Waals surface area contributed by atoms with Gasteiger partial charge in [0.15, 0.2) is 0 Å². The summed E-state index contributed by atoms with van der Waals surface area (Å²) in [6.07, 6.45) is -2.47. The predicted molar refractivity (Wildman–Crippen MR) is 65.7 cm³/mol. The van der Waals surface area contributed by atoms with Crippen molar-refractivity contribution in [3.63, 3.8) is 0 Å². The van der Waals surface area contributed by atoms with E-state index < -0.39 is 13.0 Å². The van der Waals surface area contributed by atoms with Crippen LogP contribution in [0.25, 0.3) is 0 Å². The van der Waals surface area contributed by atoms with Crippen LogP contribution in [0, 0.1) is 6.92 Å². The van der Waals surface area contributed by atoms with Crippen LogP contribution in [-0.4, -0.2) is 25.5 Å². The number of nitrogen functional groups attached to an aromatic ring is 1. The summed E-state index contributed by atoms with van der Waals surface area (Å²) >= 11 is 0. The molecule has 0 bridgehead atoms. The summed E-state index contributed by atoms with van der Waals surface area (Å²) in [5.41, 5.74) is 7.78. The molecule has 0 radical (unpaired) electrons. The van der Waals surface area contributed by atoms with Crippen LogP contribution in [0.1, 0.15) is 12.0 Å². The largest absolute Gasteiger partial charge is 0.399 e. The Morgan fingerprint density at radius 2 is 2.22 bits per heavy atom. The zero-order chi connectivity index (χ0) is 13.5. The van der Waals surface area contributed by atoms with E-state index in [1.54, 1.807) is 18.2 Å². The molecule has 1 aromatic carbocycles. The fraction of sp³-hybridized carbons (Fsp3) is 0.417. The third-order valence-electron chi connectivity index (χ3n) is 2.27. The number of halogens is 2. The maximum atomic E-state index is 11.8. The van der Waals surface area contributed by atoms with Crippen molar-refractivity contribution in [1.29, 1.82) is 0 Å². The van der Waals surface area contributed by atoms with Gasteiger partial charge in [-0.05, 0) is 30.7 Å². The van der Waals surface area contributed by atoms with Crippen molar-refractivity contribution in [2.24, 2.45) is 0 Å². The highest BCUT2D eigenvalue weighted by molar-refractivity contribution is 5.91. The molecule has 18 heavy (non-hydrogen) atoms. The number of ether oxygens (including phenoxy) is 1. The number of benzene rings is 1. The molecule has 0 spiro atoms. The minimum absolute atomic E-state index is 0.0237. The van der Waals surface area contributed by atoms with Gasteiger partial charge >= 0.3 is 0 Å². The van der Waals surface area contributed by atoms with E-state index in [0.29, 0.717) is 11.4 Å². The third kappa shape index (κ3) is 5.09. The van der Waals surface area contributed by atoms with Gasteiger partial charge in [0.1, 0.15) is 6.61 Å². The van der Waals surface area contributed by atoms with Crippen LogP contribution in [0.4, 0.5) is 20.2 Å². The Bertz CT molecular complexity index is 411. The third-order valence-corrected chi connectivity index (χ3v) is 2.27. The minimum Gasteiger partial charge on any atom is -0.399 e. The number of amides is 1. The highest BCUT2D eigenvalue weighted by Gasteiger charge is 2.05. The van der Waals surface area contributed by atoms with Crippen molar-refractivity contribution in [2.45, 2.75) is 19.8 Å². The molecule has 0 aliphatic carbocycles. The minimum atomic E-state index is -2.51. The van der Waals surface area contributed by atoms with E-state index in [0.717, 1.165) is 5.56 Å². The Kier molecular flexibility index (Phi) is 5.51. The maximum Gasteiger partial charge on any atom is 0.261 e. The topological polar surface area (TPSA) is 64.3 Å². The van der Waals surface area contributed by atoms with E-state index >= 15 is 0 Å². The van der Waals surface area contributed by atoms with Crippen LogP contribution >= 0.6 is 0 Å². The van der Waals surface area contributed by atoms with Gasteiger partial charge in [-0.3, -0.25) is 4.79 Å². The molecule has 0 aromatic heterocycles. The van der Waals surface area contributed by atoms with E-state index in [9.17, 15) is 13.6 Å². The lowest BCUT2D eigenvalue weighted by atomic mass is 10.2. The van der Waals surface area contributed by atoms with E-state index in [-0.39, 0.29) is 18.9 Å². The van der Waals surface area contributed by atoms with E-state index in [4.69, 9.17) is 5.73 Å². The van der Waals surface area contributed by atoms with Gasteiger partial charge in [-0.15, -0.1) is 0 Å². The Morgan fingerprint density at radius 1 is 1.50 bits per heavy atom. The molecule has 100 valence electrons. The highest BCUT2D eigenvalue weighted by Crippen LogP contribution is 2.16. The average Bonchev–Trinajstić information content (AvgIpc) is 2.29. The molecule has 0 saturated heterocycles. The number of nitrogens with one attached hydrogen (secondary N) is 1. The second-order valence-corrected chi connectivity index (χ2v) is 3.84. The molecule has 1 rings (SSSR count). The van der Waals surface area contributed by atoms with Gasteiger partial charge in [0.05, 0.1) is 13.0 Å². The summed E-state index contributed by atoms with van der Waals surface area (Å²) in [5, 5.41) is 2.64. The zero-order valence-electron chi connectivity index (χ0n) is 10.1. The number of carbonyl (C=O) groups excluding carboxylic acids is 1. The maximum absolute atomic E-state index is 11.8. The molecule has 0 fully saturated rings. The van der Waals surface area contributed by atoms with E-state index in [1.165, 1.54) is 0 Å². The molecular weight excluding hydrogens is 242 g/mol. The quantitative estimate of drug-likeness (QED) is 0.607. The van der Waals surface area contributed by atoms with Crippen LogP contribution in [-0.2, 0) is 9.53 Å². The van der Waals surface area contributed by atoms with Gasteiger partial charge in [0.2, 0.25) is 5.91 Å². The van der Waals surface area contributed by atoms with E-state index in [1.807, 2.05) is 6.92 Å². The van der Waals surface area contributed by atoms with E-state index in [2.05, 4.69) is 10.1 Å². The number of rotatable bonds is 6. The Morgan fingerprint density at radius 3 is 2.83 bits per heavy atom. The van der Waals surface area contributed by atoms with Gasteiger partial charge in [-0.1, -0.05) is 0 Å². The van der Waals surface area contributed by atoms with Crippen molar-refractivity contribution in [2.75, 3.05) is 24.3 Å². The van der Waals surface area contributed by atoms with Crippen molar-refractivity contribution >= 4 is 17.3 Å². The molecule has 3 N–H and O–H groups in total. The lowest BCUT2D eigenvalue weighted by Gasteiger charge is -2.08. The lowest BCUT2D eigenvalue weighted by molar-refractivity contribution is -0.117. The van der Waals surface area contributed by atoms with Crippen molar-refractivity contribution in [3.8, 4) is 0 Å². The van der Waals surface area contributed by atoms with Crippen LogP contribution < -0.4 is 11.1 Å². The van der Waals surface area contributed by atoms with Gasteiger partial charge < -0.3 is 15.8 Å². The SMILES string of the molecule is Cc1cc(NC(=O)CCOCC(F)F)ccc1N. The fourth-order valence-electron chi connectivity index (χ4n) is 1.31. The van der Waals surface area contributed by atoms with Crippen molar-refractivity contribution in [3.05, 3.63) is 23.8 Å². The molecule has 1 aromatic rings. The first-order valence-corrected chi connectivity index (χ1v) is 5.51. The highest BCUT2D eigenvalue weighted by atomic mass is 19.3. The number of hydrogen-bond acceptors (Lipinski definition) is 3. The first-order valence-electron chi connectivity index (χ1n) is 5.51. The zero-order valence-corrected chi connectivity index (χ0v) is 10.1. The number of hydrogen-bond donors (Lipinski definition) is 2. The van der Waals surface area contributed by atoms with Crippen LogP contribution in [0.2, 0.25) is 0 Å². The molecule has 0 saturated carbocycles. The molecule has 6 heteroatoms. The van der Waals surface area contributed by atoms with Gasteiger partial charge in [-0.2, -0.15) is 0 Å². The molecule has 0 atom stereocenters. The monoisotopic (exact) mass is 258 g/mol. The molecule has 1 amide bonds. The van der Waals surface area contributed by atoms with Crippen LogP contribution in [0.5, 0.6) is 0 Å². The number of alkyl halides is 2. The molecule has 4 nitrogen and oxygen atoms in total. The smallest absolute Gasteiger partial charge is 0.261 e. The van der Waals surface area contributed by atoms with Crippen LogP contribution in [0.3, 0.4) is 0 Å². The normalized spacial score (nSPS) is 10.7. The first-order chi connectivity index (χ1) is 8.49. The number of carbonyl (C=O) groups is 1. The average molecular weight is 258 g/mol. The fourth-order valence-corrected chi connectivity index (χ4v) is 1.31. The summed E-state index contributed by atoms with van der Waals surface area (Å²) < 4.78 is 28.1. The summed E-state index contributed by atoms with van der Waals surface area (Å²) in [5.74, 6) is -0.284. The lowest BCUT2D eigenvalue weighted by Crippen LogP contribution is -2.15. The predicted octanol–water partition coefficient (Wildman–Crippen LogP) is 2.19. The summed E-state index contributed by atoms with van der Waals surface area (Å²) in [6, 6.07) is 5.12. The van der Waals surface area contributed by atoms with Crippen LogP contribution in [0.15, 0.2) is 18.2 Å². The van der Waals surface area contributed by atoms with Crippen molar-refractivity contribution < 1.29 is 18.3 Å². The summed E-state index contributed by atoms with van der Waals surface area (Å²) in [6.45, 7) is 1.16. The molecule has 0 aliphatic heterocycles. The molecular formula is C12H16F2N2O2. The van der Waals surface area contributed by atoms with Gasteiger partial charge in [-0.25, -0.2) is 8.78 Å². The van der Waals surface area contributed by atoms with Gasteiger partial charge in [0, 0.05) is 11.4 Å². The molecule has 0 heterocycles. The summed E-state index contributed by atoms with van der Waals surface area (Å²) in [4.78, 5) is 11.4. The molecule has 0 aliphatic rings.